The van der Waals surface area contributed by atoms with Crippen LogP contribution >= 0.6 is 0 Å². The van der Waals surface area contributed by atoms with Gasteiger partial charge in [0.15, 0.2) is 0 Å². The lowest BCUT2D eigenvalue weighted by molar-refractivity contribution is 0.292. The van der Waals surface area contributed by atoms with Crippen LogP contribution in [0.4, 0.5) is 5.82 Å². The van der Waals surface area contributed by atoms with E-state index in [1.54, 1.807) is 13.2 Å². The molecule has 0 aliphatic heterocycles. The Labute approximate surface area is 112 Å². The Balaban J connectivity index is 2.07. The number of hydrogen-bond acceptors (Lipinski definition) is 5. The summed E-state index contributed by atoms with van der Waals surface area (Å²) in [5, 5.41) is 2.97. The van der Waals surface area contributed by atoms with Crippen molar-refractivity contribution in [3.8, 4) is 11.6 Å². The second-order valence-electron chi connectivity index (χ2n) is 4.03. The molecule has 0 atom stereocenters. The summed E-state index contributed by atoms with van der Waals surface area (Å²) >= 11 is 0. The van der Waals surface area contributed by atoms with Crippen LogP contribution < -0.4 is 14.8 Å². The molecule has 0 spiro atoms. The number of nitrogens with one attached hydrogen (secondary N) is 1. The van der Waals surface area contributed by atoms with Crippen LogP contribution in [0.1, 0.15) is 11.4 Å². The molecule has 0 unspecified atom stereocenters. The number of rotatable bonds is 5. The monoisotopic (exact) mass is 259 g/mol. The van der Waals surface area contributed by atoms with Crippen molar-refractivity contribution in [2.24, 2.45) is 0 Å². The minimum atomic E-state index is 0.441. The summed E-state index contributed by atoms with van der Waals surface area (Å²) in [5.41, 5.74) is 1.03. The molecular weight excluding hydrogens is 242 g/mol. The molecule has 0 saturated heterocycles. The highest BCUT2D eigenvalue weighted by Crippen LogP contribution is 2.17. The van der Waals surface area contributed by atoms with Crippen LogP contribution in [-0.4, -0.2) is 24.1 Å². The van der Waals surface area contributed by atoms with Gasteiger partial charge in [-0.05, 0) is 24.6 Å². The second kappa shape index (κ2) is 6.04. The van der Waals surface area contributed by atoms with Gasteiger partial charge in [-0.2, -0.15) is 4.98 Å². The normalized spacial score (nSPS) is 10.1. The van der Waals surface area contributed by atoms with Crippen LogP contribution in [0.2, 0.25) is 0 Å². The van der Waals surface area contributed by atoms with Crippen molar-refractivity contribution in [3.63, 3.8) is 0 Å². The van der Waals surface area contributed by atoms with E-state index >= 15 is 0 Å². The minimum Gasteiger partial charge on any atom is -0.497 e. The highest BCUT2D eigenvalue weighted by atomic mass is 16.5. The Morgan fingerprint density at radius 2 is 2.05 bits per heavy atom. The van der Waals surface area contributed by atoms with Gasteiger partial charge in [0.05, 0.1) is 7.11 Å². The lowest BCUT2D eigenvalue weighted by Gasteiger charge is -2.08. The van der Waals surface area contributed by atoms with E-state index in [4.69, 9.17) is 9.47 Å². The maximum atomic E-state index is 5.67. The average molecular weight is 259 g/mol. The lowest BCUT2D eigenvalue weighted by Crippen LogP contribution is -2.02. The first-order valence-corrected chi connectivity index (χ1v) is 6.00. The molecule has 1 heterocycles. The van der Waals surface area contributed by atoms with E-state index in [9.17, 15) is 0 Å². The van der Waals surface area contributed by atoms with E-state index < -0.39 is 0 Å². The van der Waals surface area contributed by atoms with E-state index in [-0.39, 0.29) is 0 Å². The van der Waals surface area contributed by atoms with E-state index in [2.05, 4.69) is 15.3 Å². The molecule has 5 nitrogen and oxygen atoms in total. The van der Waals surface area contributed by atoms with Crippen molar-refractivity contribution in [1.82, 2.24) is 9.97 Å². The smallest absolute Gasteiger partial charge is 0.219 e. The summed E-state index contributed by atoms with van der Waals surface area (Å²) in [5.74, 6) is 2.79. The van der Waals surface area contributed by atoms with Gasteiger partial charge in [-0.3, -0.25) is 0 Å². The summed E-state index contributed by atoms with van der Waals surface area (Å²) in [6.07, 6.45) is 0. The van der Waals surface area contributed by atoms with Crippen molar-refractivity contribution in [2.45, 2.75) is 13.5 Å². The van der Waals surface area contributed by atoms with Crippen LogP contribution in [0.15, 0.2) is 30.3 Å². The Kier molecular flexibility index (Phi) is 4.18. The zero-order chi connectivity index (χ0) is 13.7. The molecule has 0 radical (unpaired) electrons. The Morgan fingerprint density at radius 1 is 1.21 bits per heavy atom. The van der Waals surface area contributed by atoms with E-state index in [0.717, 1.165) is 17.1 Å². The number of nitrogens with zero attached hydrogens (tertiary/aromatic N) is 2. The number of hydrogen-bond donors (Lipinski definition) is 1. The molecule has 1 aromatic carbocycles. The summed E-state index contributed by atoms with van der Waals surface area (Å²) in [6.45, 7) is 2.27. The van der Waals surface area contributed by atoms with Crippen LogP contribution in [-0.2, 0) is 6.61 Å². The van der Waals surface area contributed by atoms with Crippen LogP contribution in [0.3, 0.4) is 0 Å². The van der Waals surface area contributed by atoms with Crippen LogP contribution in [0.25, 0.3) is 0 Å². The number of ether oxygens (including phenoxy) is 2. The predicted octanol–water partition coefficient (Wildman–Crippen LogP) is 2.41. The molecule has 19 heavy (non-hydrogen) atoms. The molecule has 1 aromatic heterocycles. The first-order valence-electron chi connectivity index (χ1n) is 6.00. The fraction of sp³-hybridized carbons (Fsp3) is 0.286. The van der Waals surface area contributed by atoms with Gasteiger partial charge in [-0.15, -0.1) is 0 Å². The number of aryl methyl sites for hydroxylation is 1. The molecule has 5 heteroatoms. The lowest BCUT2D eigenvalue weighted by atomic mass is 10.2. The molecule has 0 saturated carbocycles. The fourth-order valence-electron chi connectivity index (χ4n) is 1.66. The summed E-state index contributed by atoms with van der Waals surface area (Å²) in [7, 11) is 3.46. The second-order valence-corrected chi connectivity index (χ2v) is 4.03. The minimum absolute atomic E-state index is 0.441. The Morgan fingerprint density at radius 3 is 2.79 bits per heavy atom. The topological polar surface area (TPSA) is 56.3 Å². The summed E-state index contributed by atoms with van der Waals surface area (Å²) in [4.78, 5) is 8.45. The van der Waals surface area contributed by atoms with Crippen LogP contribution in [0, 0.1) is 6.92 Å². The first-order chi connectivity index (χ1) is 9.21. The zero-order valence-corrected chi connectivity index (χ0v) is 11.3. The Bertz CT molecular complexity index is 558. The quantitative estimate of drug-likeness (QED) is 0.893. The van der Waals surface area contributed by atoms with Gasteiger partial charge >= 0.3 is 0 Å². The number of benzene rings is 1. The molecule has 1 N–H and O–H groups in total. The first kappa shape index (κ1) is 13.1. The van der Waals surface area contributed by atoms with Gasteiger partial charge < -0.3 is 14.8 Å². The average Bonchev–Trinajstić information content (AvgIpc) is 2.44. The maximum Gasteiger partial charge on any atom is 0.219 e. The molecule has 0 bridgehead atoms. The van der Waals surface area contributed by atoms with Gasteiger partial charge in [-0.25, -0.2) is 4.98 Å². The van der Waals surface area contributed by atoms with Crippen molar-refractivity contribution in [3.05, 3.63) is 41.7 Å². The van der Waals surface area contributed by atoms with Crippen molar-refractivity contribution in [1.29, 1.82) is 0 Å². The van der Waals surface area contributed by atoms with Gasteiger partial charge in [0.2, 0.25) is 5.88 Å². The number of aromatic nitrogens is 2. The third-order valence-corrected chi connectivity index (χ3v) is 2.59. The van der Waals surface area contributed by atoms with Crippen molar-refractivity contribution in [2.75, 3.05) is 19.5 Å². The van der Waals surface area contributed by atoms with E-state index in [1.165, 1.54) is 0 Å². The van der Waals surface area contributed by atoms with Gasteiger partial charge in [0.1, 0.15) is 24.0 Å². The Hall–Kier alpha value is -2.30. The molecule has 2 rings (SSSR count). The van der Waals surface area contributed by atoms with Gasteiger partial charge in [0, 0.05) is 13.1 Å². The fourth-order valence-corrected chi connectivity index (χ4v) is 1.66. The molecule has 2 aromatic rings. The summed E-state index contributed by atoms with van der Waals surface area (Å²) < 4.78 is 10.8. The van der Waals surface area contributed by atoms with E-state index in [0.29, 0.717) is 18.3 Å². The maximum absolute atomic E-state index is 5.67. The number of methoxy groups -OCH3 is 1. The molecule has 0 fully saturated rings. The molecule has 0 aliphatic carbocycles. The van der Waals surface area contributed by atoms with Crippen molar-refractivity contribution >= 4 is 5.82 Å². The molecule has 0 aliphatic rings. The molecule has 0 amide bonds. The highest BCUT2D eigenvalue weighted by Gasteiger charge is 2.03. The third-order valence-electron chi connectivity index (χ3n) is 2.59. The predicted molar refractivity (Wildman–Crippen MR) is 73.6 cm³/mol. The highest BCUT2D eigenvalue weighted by molar-refractivity contribution is 5.37. The SMILES string of the molecule is CNc1cc(OCc2cccc(OC)c2)nc(C)n1. The van der Waals surface area contributed by atoms with Crippen LogP contribution in [0.5, 0.6) is 11.6 Å². The standard InChI is InChI=1S/C14H17N3O2/c1-10-16-13(15-2)8-14(17-10)19-9-11-5-4-6-12(7-11)18-3/h4-8H,9H2,1-3H3,(H,15,16,17). The molecule has 100 valence electrons. The largest absolute Gasteiger partial charge is 0.497 e. The zero-order valence-electron chi connectivity index (χ0n) is 11.3. The third kappa shape index (κ3) is 3.58. The van der Waals surface area contributed by atoms with Gasteiger partial charge in [0.25, 0.3) is 0 Å². The van der Waals surface area contributed by atoms with Gasteiger partial charge in [-0.1, -0.05) is 12.1 Å². The molecular formula is C14H17N3O2. The van der Waals surface area contributed by atoms with Crippen molar-refractivity contribution < 1.29 is 9.47 Å². The van der Waals surface area contributed by atoms with E-state index in [1.807, 2.05) is 38.2 Å². The number of anilines is 1. The summed E-state index contributed by atoms with van der Waals surface area (Å²) in [6, 6.07) is 9.52.